The zero-order valence-electron chi connectivity index (χ0n) is 25.0. The molecular weight excluding hydrogens is 662 g/mol. The summed E-state index contributed by atoms with van der Waals surface area (Å²) in [5, 5.41) is 3.59. The van der Waals surface area contributed by atoms with Crippen molar-refractivity contribution in [2.45, 2.75) is 12.4 Å². The minimum absolute atomic E-state index is 0.00977. The first-order valence-corrected chi connectivity index (χ1v) is 15.1. The van der Waals surface area contributed by atoms with Gasteiger partial charge in [-0.1, -0.05) is 48.5 Å². The average molecular weight is 679 g/mol. The quantitative estimate of drug-likeness (QED) is 0.0791. The van der Waals surface area contributed by atoms with Gasteiger partial charge in [0.1, 0.15) is 0 Å². The van der Waals surface area contributed by atoms with Crippen molar-refractivity contribution in [1.29, 1.82) is 0 Å². The number of fused-ring (bicyclic) bond motifs is 2. The minimum atomic E-state index is -4.84. The van der Waals surface area contributed by atoms with Crippen LogP contribution in [0.1, 0.15) is 52.6 Å². The smallest absolute Gasteiger partial charge is 0.268 e. The summed E-state index contributed by atoms with van der Waals surface area (Å²) in [6.45, 7) is 0. The third-order valence-electron chi connectivity index (χ3n) is 9.54. The number of alkyl halides is 6. The lowest BCUT2D eigenvalue weighted by atomic mass is 9.82. The monoisotopic (exact) mass is 678 g/mol. The highest BCUT2D eigenvalue weighted by molar-refractivity contribution is 6.45. The number of benzene rings is 7. The molecule has 0 bridgehead atoms. The zero-order valence-corrected chi connectivity index (χ0v) is 25.0. The number of carbonyl (C=O) groups excluding carboxylic acids is 4. The molecule has 0 N–H and O–H groups in total. The summed E-state index contributed by atoms with van der Waals surface area (Å²) in [6, 6.07) is 20.7. The number of carbonyl (C=O) groups is 4. The fourth-order valence-electron chi connectivity index (χ4n) is 7.52. The van der Waals surface area contributed by atoms with Gasteiger partial charge < -0.3 is 0 Å². The molecule has 0 saturated heterocycles. The molecule has 4 amide bonds. The Labute approximate surface area is 276 Å². The predicted molar refractivity (Wildman–Crippen MR) is 173 cm³/mol. The molecule has 0 aromatic heterocycles. The fourth-order valence-corrected chi connectivity index (χ4v) is 7.52. The van der Waals surface area contributed by atoms with Gasteiger partial charge in [0, 0.05) is 33.0 Å². The van der Waals surface area contributed by atoms with E-state index in [1.807, 2.05) is 0 Å². The molecule has 50 heavy (non-hydrogen) atoms. The van der Waals surface area contributed by atoms with Crippen LogP contribution >= 0.6 is 0 Å². The lowest BCUT2D eigenvalue weighted by molar-refractivity contribution is -0.137. The molecule has 0 spiro atoms. The second-order valence-corrected chi connectivity index (χ2v) is 12.1. The summed E-state index contributed by atoms with van der Waals surface area (Å²) in [5.74, 6) is -3.74. The molecule has 0 atom stereocenters. The number of nitrogens with zero attached hydrogens (tertiary/aromatic N) is 2. The lowest BCUT2D eigenvalue weighted by Crippen LogP contribution is -2.41. The molecule has 2 heterocycles. The van der Waals surface area contributed by atoms with E-state index in [4.69, 9.17) is 0 Å². The minimum Gasteiger partial charge on any atom is -0.268 e. The third kappa shape index (κ3) is 3.75. The van der Waals surface area contributed by atoms with Crippen LogP contribution in [0.3, 0.4) is 0 Å². The van der Waals surface area contributed by atoms with Gasteiger partial charge in [0.25, 0.3) is 23.6 Å². The summed E-state index contributed by atoms with van der Waals surface area (Å²) >= 11 is 0. The molecule has 7 aromatic carbocycles. The second kappa shape index (κ2) is 9.65. The van der Waals surface area contributed by atoms with E-state index in [-0.39, 0.29) is 33.0 Å². The maximum Gasteiger partial charge on any atom is 0.418 e. The maximum atomic E-state index is 14.0. The Bertz CT molecular complexity index is 2430. The van der Waals surface area contributed by atoms with Crippen molar-refractivity contribution in [3.05, 3.63) is 130 Å². The standard InChI is InChI=1S/C38H16F6N2O4/c39-37(40,41)25-5-1-3-7-27(25)45-33(47)21-13-9-17-19-11-15-23-32-24(36(50)46(35(23)49)28-8-4-2-6-26(28)38(42,43)44)16-12-20(30(19)32)18-10-14-22(34(45)48)31(21)29(17)18/h1-16H. The van der Waals surface area contributed by atoms with Crippen LogP contribution in [0.15, 0.2) is 97.1 Å². The molecule has 0 radical (unpaired) electrons. The largest absolute Gasteiger partial charge is 0.418 e. The Morgan fingerprint density at radius 2 is 0.640 bits per heavy atom. The highest BCUT2D eigenvalue weighted by Gasteiger charge is 2.43. The Morgan fingerprint density at radius 1 is 0.360 bits per heavy atom. The molecule has 2 aliphatic heterocycles. The summed E-state index contributed by atoms with van der Waals surface area (Å²) in [5.41, 5.74) is -3.44. The third-order valence-corrected chi connectivity index (χ3v) is 9.54. The molecule has 0 unspecified atom stereocenters. The van der Waals surface area contributed by atoms with Crippen LogP contribution in [0, 0.1) is 0 Å². The first kappa shape index (κ1) is 29.8. The van der Waals surface area contributed by atoms with Crippen LogP contribution in [-0.2, 0) is 12.4 Å². The fraction of sp³-hybridized carbons (Fsp3) is 0.0526. The lowest BCUT2D eigenvalue weighted by Gasteiger charge is -2.31. The highest BCUT2D eigenvalue weighted by Crippen LogP contribution is 2.48. The van der Waals surface area contributed by atoms with E-state index >= 15 is 0 Å². The van der Waals surface area contributed by atoms with Crippen molar-refractivity contribution < 1.29 is 45.5 Å². The number of imide groups is 2. The van der Waals surface area contributed by atoms with Crippen molar-refractivity contribution in [2.24, 2.45) is 0 Å². The molecule has 0 aliphatic carbocycles. The average Bonchev–Trinajstić information content (AvgIpc) is 3.08. The van der Waals surface area contributed by atoms with Gasteiger partial charge in [0.2, 0.25) is 0 Å². The number of para-hydroxylation sites is 2. The number of halogens is 6. The van der Waals surface area contributed by atoms with E-state index in [2.05, 4.69) is 0 Å². The van der Waals surface area contributed by atoms with Crippen molar-refractivity contribution in [1.82, 2.24) is 0 Å². The van der Waals surface area contributed by atoms with Gasteiger partial charge in [-0.25, -0.2) is 9.80 Å². The Hall–Kier alpha value is -6.30. The van der Waals surface area contributed by atoms with Crippen LogP contribution in [0.2, 0.25) is 0 Å². The van der Waals surface area contributed by atoms with Crippen molar-refractivity contribution in [3.63, 3.8) is 0 Å². The summed E-state index contributed by atoms with van der Waals surface area (Å²) in [4.78, 5) is 56.6. The van der Waals surface area contributed by atoms with Gasteiger partial charge >= 0.3 is 12.4 Å². The molecule has 0 saturated carbocycles. The molecule has 12 heteroatoms. The van der Waals surface area contributed by atoms with Gasteiger partial charge in [-0.05, 0) is 80.8 Å². The summed E-state index contributed by atoms with van der Waals surface area (Å²) in [6.07, 6.45) is -9.68. The molecule has 6 nitrogen and oxygen atoms in total. The van der Waals surface area contributed by atoms with Gasteiger partial charge in [0.15, 0.2) is 0 Å². The van der Waals surface area contributed by atoms with Crippen LogP contribution in [-0.4, -0.2) is 23.6 Å². The second-order valence-electron chi connectivity index (χ2n) is 12.1. The molecule has 244 valence electrons. The topological polar surface area (TPSA) is 74.8 Å². The molecule has 7 aromatic rings. The first-order chi connectivity index (χ1) is 23.8. The van der Waals surface area contributed by atoms with E-state index in [0.717, 1.165) is 24.3 Å². The normalized spacial score (nSPS) is 15.1. The first-order valence-electron chi connectivity index (χ1n) is 15.1. The van der Waals surface area contributed by atoms with Gasteiger partial charge in [0.05, 0.1) is 22.5 Å². The summed E-state index contributed by atoms with van der Waals surface area (Å²) < 4.78 is 83.8. The predicted octanol–water partition coefficient (Wildman–Crippen LogP) is 9.38. The van der Waals surface area contributed by atoms with Crippen LogP contribution < -0.4 is 9.80 Å². The molecule has 9 rings (SSSR count). The van der Waals surface area contributed by atoms with Crippen LogP contribution in [0.5, 0.6) is 0 Å². The number of hydrogen-bond acceptors (Lipinski definition) is 4. The summed E-state index contributed by atoms with van der Waals surface area (Å²) in [7, 11) is 0. The van der Waals surface area contributed by atoms with E-state index in [0.29, 0.717) is 42.1 Å². The number of anilines is 2. The SMILES string of the molecule is O=C1c2ccc3c4ccc5c6c(ccc(c7ccc(c2c37)C(=O)N1c1ccccc1C(F)(F)F)c64)C(=O)N(c1ccccc1C(F)(F)F)C5=O. The van der Waals surface area contributed by atoms with E-state index in [1.165, 1.54) is 48.5 Å². The highest BCUT2D eigenvalue weighted by atomic mass is 19.4. The van der Waals surface area contributed by atoms with E-state index in [9.17, 15) is 45.5 Å². The van der Waals surface area contributed by atoms with Crippen molar-refractivity contribution >= 4 is 78.1 Å². The van der Waals surface area contributed by atoms with Crippen LogP contribution in [0.4, 0.5) is 37.7 Å². The zero-order chi connectivity index (χ0) is 35.0. The van der Waals surface area contributed by atoms with E-state index in [1.54, 1.807) is 24.3 Å². The number of amides is 4. The molecular formula is C38H16F6N2O4. The maximum absolute atomic E-state index is 14.0. The van der Waals surface area contributed by atoms with E-state index < -0.39 is 58.5 Å². The Kier molecular flexibility index (Phi) is 5.76. The Morgan fingerprint density at radius 3 is 0.920 bits per heavy atom. The van der Waals surface area contributed by atoms with Crippen molar-refractivity contribution in [2.75, 3.05) is 9.80 Å². The van der Waals surface area contributed by atoms with Gasteiger partial charge in [-0.15, -0.1) is 0 Å². The van der Waals surface area contributed by atoms with Crippen molar-refractivity contribution in [3.8, 4) is 0 Å². The molecule has 2 aliphatic rings. The van der Waals surface area contributed by atoms with Crippen LogP contribution in [0.25, 0.3) is 43.1 Å². The number of rotatable bonds is 2. The molecule has 0 fully saturated rings. The van der Waals surface area contributed by atoms with Gasteiger partial charge in [-0.3, -0.25) is 19.2 Å². The number of hydrogen-bond donors (Lipinski definition) is 0. The Balaban J connectivity index is 1.28. The van der Waals surface area contributed by atoms with Gasteiger partial charge in [-0.2, -0.15) is 26.3 Å².